The molecule has 3 amide bonds. The zero-order valence-electron chi connectivity index (χ0n) is 15.3. The Balaban J connectivity index is 1.27. The molecule has 0 unspecified atom stereocenters. The van der Waals surface area contributed by atoms with E-state index in [1.807, 2.05) is 32.9 Å². The second kappa shape index (κ2) is 6.70. The van der Waals surface area contributed by atoms with Crippen molar-refractivity contribution in [2.45, 2.75) is 12.6 Å². The van der Waals surface area contributed by atoms with Gasteiger partial charge in [0.2, 0.25) is 6.79 Å². The number of urea groups is 1. The molecule has 8 heteroatoms. The van der Waals surface area contributed by atoms with E-state index in [1.54, 1.807) is 24.4 Å². The van der Waals surface area contributed by atoms with Gasteiger partial charge in [0.15, 0.2) is 11.5 Å². The summed E-state index contributed by atoms with van der Waals surface area (Å²) in [5.74, 6) is 1.21. The number of nitrogens with zero attached hydrogens (tertiary/aromatic N) is 4. The largest absolute Gasteiger partial charge is 0.454 e. The summed E-state index contributed by atoms with van der Waals surface area (Å²) in [6, 6.07) is 11.0. The summed E-state index contributed by atoms with van der Waals surface area (Å²) in [5, 5.41) is 0. The molecular weight excluding hydrogens is 360 g/mol. The number of benzene rings is 1. The maximum absolute atomic E-state index is 12.9. The van der Waals surface area contributed by atoms with E-state index in [2.05, 4.69) is 4.98 Å². The number of hydrogen-bond donors (Lipinski definition) is 0. The summed E-state index contributed by atoms with van der Waals surface area (Å²) < 4.78 is 10.7. The van der Waals surface area contributed by atoms with Crippen molar-refractivity contribution < 1.29 is 19.1 Å². The topological polar surface area (TPSA) is 75.2 Å². The fraction of sp³-hybridized carbons (Fsp3) is 0.350. The number of fused-ring (bicyclic) bond motifs is 2. The quantitative estimate of drug-likeness (QED) is 0.808. The second-order valence-corrected chi connectivity index (χ2v) is 7.15. The molecule has 0 saturated carbocycles. The highest BCUT2D eigenvalue weighted by Gasteiger charge is 2.41. The Bertz CT molecular complexity index is 920. The van der Waals surface area contributed by atoms with Crippen LogP contribution in [0.25, 0.3) is 0 Å². The molecule has 2 fully saturated rings. The molecule has 5 rings (SSSR count). The monoisotopic (exact) mass is 380 g/mol. The zero-order valence-corrected chi connectivity index (χ0v) is 15.3. The molecule has 2 saturated heterocycles. The third-order valence-corrected chi connectivity index (χ3v) is 5.42. The van der Waals surface area contributed by atoms with Crippen LogP contribution in [-0.4, -0.2) is 70.6 Å². The molecular formula is C20H20N4O4. The molecule has 3 aliphatic heterocycles. The Morgan fingerprint density at radius 2 is 2.00 bits per heavy atom. The summed E-state index contributed by atoms with van der Waals surface area (Å²) in [6.45, 7) is 2.86. The van der Waals surface area contributed by atoms with E-state index in [1.165, 1.54) is 0 Å². The van der Waals surface area contributed by atoms with Gasteiger partial charge in [-0.1, -0.05) is 6.07 Å². The minimum atomic E-state index is -0.0476. The predicted molar refractivity (Wildman–Crippen MR) is 99.0 cm³/mol. The zero-order chi connectivity index (χ0) is 19.1. The molecule has 3 aliphatic rings. The van der Waals surface area contributed by atoms with Crippen LogP contribution in [0.3, 0.4) is 0 Å². The molecule has 28 heavy (non-hydrogen) atoms. The van der Waals surface area contributed by atoms with E-state index in [0.29, 0.717) is 49.8 Å². The van der Waals surface area contributed by atoms with Gasteiger partial charge in [0.25, 0.3) is 5.91 Å². The smallest absolute Gasteiger partial charge is 0.320 e. The van der Waals surface area contributed by atoms with E-state index in [4.69, 9.17) is 9.47 Å². The number of amides is 3. The summed E-state index contributed by atoms with van der Waals surface area (Å²) >= 11 is 0. The van der Waals surface area contributed by atoms with Gasteiger partial charge < -0.3 is 24.2 Å². The molecule has 1 aromatic heterocycles. The Kier molecular flexibility index (Phi) is 4.03. The van der Waals surface area contributed by atoms with Crippen molar-refractivity contribution in [2.24, 2.45) is 0 Å². The lowest BCUT2D eigenvalue weighted by Crippen LogP contribution is -2.53. The molecule has 1 atom stereocenters. The van der Waals surface area contributed by atoms with Gasteiger partial charge in [0, 0.05) is 37.9 Å². The maximum Gasteiger partial charge on any atom is 0.320 e. The van der Waals surface area contributed by atoms with E-state index in [0.717, 1.165) is 5.69 Å². The lowest BCUT2D eigenvalue weighted by Gasteiger charge is -2.36. The van der Waals surface area contributed by atoms with Crippen LogP contribution < -0.4 is 9.47 Å². The van der Waals surface area contributed by atoms with Crippen LogP contribution in [0.1, 0.15) is 16.1 Å². The van der Waals surface area contributed by atoms with Gasteiger partial charge in [-0.25, -0.2) is 4.79 Å². The normalized spacial score (nSPS) is 20.5. The fourth-order valence-electron chi connectivity index (χ4n) is 3.99. The van der Waals surface area contributed by atoms with E-state index in [-0.39, 0.29) is 24.8 Å². The van der Waals surface area contributed by atoms with Gasteiger partial charge in [0.1, 0.15) is 0 Å². The average molecular weight is 380 g/mol. The van der Waals surface area contributed by atoms with Gasteiger partial charge in [-0.15, -0.1) is 0 Å². The Hall–Kier alpha value is -3.29. The number of carbonyl (C=O) groups is 2. The fourth-order valence-corrected chi connectivity index (χ4v) is 3.99. The number of carbonyl (C=O) groups excluding carboxylic acids is 2. The highest BCUT2D eigenvalue weighted by atomic mass is 16.7. The second-order valence-electron chi connectivity index (χ2n) is 7.15. The number of aromatic nitrogens is 1. The molecule has 0 N–H and O–H groups in total. The lowest BCUT2D eigenvalue weighted by atomic mass is 10.1. The third-order valence-electron chi connectivity index (χ3n) is 5.42. The predicted octanol–water partition coefficient (Wildman–Crippen LogP) is 1.57. The third kappa shape index (κ3) is 2.90. The molecule has 144 valence electrons. The molecule has 0 bridgehead atoms. The van der Waals surface area contributed by atoms with Gasteiger partial charge in [-0.3, -0.25) is 9.78 Å². The minimum absolute atomic E-state index is 0.00271. The number of rotatable bonds is 3. The van der Waals surface area contributed by atoms with Crippen LogP contribution in [0.4, 0.5) is 4.79 Å². The SMILES string of the molecule is O=C(c1ccc2c(c1)OCO2)N1CCN2C(=O)N(Cc3ccccn3)C[C@H]2C1. The van der Waals surface area contributed by atoms with Crippen LogP contribution in [0.2, 0.25) is 0 Å². The molecule has 2 aromatic rings. The van der Waals surface area contributed by atoms with Crippen molar-refractivity contribution in [1.82, 2.24) is 19.7 Å². The highest BCUT2D eigenvalue weighted by molar-refractivity contribution is 5.95. The summed E-state index contributed by atoms with van der Waals surface area (Å²) in [7, 11) is 0. The number of piperazine rings is 1. The highest BCUT2D eigenvalue weighted by Crippen LogP contribution is 2.33. The maximum atomic E-state index is 12.9. The molecule has 0 spiro atoms. The average Bonchev–Trinajstić information content (AvgIpc) is 3.32. The Labute approximate surface area is 162 Å². The minimum Gasteiger partial charge on any atom is -0.454 e. The molecule has 0 aliphatic carbocycles. The van der Waals surface area contributed by atoms with Crippen LogP contribution in [0.15, 0.2) is 42.6 Å². The number of hydrogen-bond acceptors (Lipinski definition) is 5. The first kappa shape index (κ1) is 16.9. The van der Waals surface area contributed by atoms with Crippen molar-refractivity contribution in [3.63, 3.8) is 0 Å². The Morgan fingerprint density at radius 3 is 2.86 bits per heavy atom. The van der Waals surface area contributed by atoms with Gasteiger partial charge in [0.05, 0.1) is 18.3 Å². The van der Waals surface area contributed by atoms with Gasteiger partial charge >= 0.3 is 6.03 Å². The standard InChI is InChI=1S/C20H20N4O4/c25-19(14-4-5-17-18(9-14)28-13-27-17)22-7-8-24-16(11-22)12-23(20(24)26)10-15-3-1-2-6-21-15/h1-6,9,16H,7-8,10-13H2/t16-/m1/s1. The van der Waals surface area contributed by atoms with Crippen LogP contribution in [0.5, 0.6) is 11.5 Å². The summed E-state index contributed by atoms with van der Waals surface area (Å²) in [4.78, 5) is 35.5. The van der Waals surface area contributed by atoms with Crippen LogP contribution >= 0.6 is 0 Å². The van der Waals surface area contributed by atoms with Crippen molar-refractivity contribution in [1.29, 1.82) is 0 Å². The lowest BCUT2D eigenvalue weighted by molar-refractivity contribution is 0.0616. The van der Waals surface area contributed by atoms with E-state index < -0.39 is 0 Å². The van der Waals surface area contributed by atoms with Crippen molar-refractivity contribution in [2.75, 3.05) is 33.0 Å². The number of ether oxygens (including phenoxy) is 2. The first-order valence-electron chi connectivity index (χ1n) is 9.33. The van der Waals surface area contributed by atoms with Gasteiger partial charge in [-0.05, 0) is 30.3 Å². The first-order valence-corrected chi connectivity index (χ1v) is 9.33. The van der Waals surface area contributed by atoms with Crippen LogP contribution in [-0.2, 0) is 6.54 Å². The van der Waals surface area contributed by atoms with Crippen LogP contribution in [0, 0.1) is 0 Å². The van der Waals surface area contributed by atoms with Crippen molar-refractivity contribution in [3.05, 3.63) is 53.9 Å². The summed E-state index contributed by atoms with van der Waals surface area (Å²) in [5.41, 5.74) is 1.44. The van der Waals surface area contributed by atoms with Crippen molar-refractivity contribution >= 4 is 11.9 Å². The molecule has 4 heterocycles. The molecule has 0 radical (unpaired) electrons. The van der Waals surface area contributed by atoms with E-state index >= 15 is 0 Å². The Morgan fingerprint density at radius 1 is 1.11 bits per heavy atom. The van der Waals surface area contributed by atoms with Gasteiger partial charge in [-0.2, -0.15) is 0 Å². The number of pyridine rings is 1. The van der Waals surface area contributed by atoms with E-state index in [9.17, 15) is 9.59 Å². The first-order chi connectivity index (χ1) is 13.7. The molecule has 1 aromatic carbocycles. The summed E-state index contributed by atoms with van der Waals surface area (Å²) in [6.07, 6.45) is 1.73. The molecule has 8 nitrogen and oxygen atoms in total. The van der Waals surface area contributed by atoms with Crippen molar-refractivity contribution in [3.8, 4) is 11.5 Å².